The molecule has 3 rings (SSSR count). The van der Waals surface area contributed by atoms with E-state index in [9.17, 15) is 4.79 Å². The van der Waals surface area contributed by atoms with Crippen LogP contribution in [0.4, 0.5) is 0 Å². The number of benzene rings is 1. The molecule has 0 saturated carbocycles. The molecular formula is C14H11N3O3. The summed E-state index contributed by atoms with van der Waals surface area (Å²) in [7, 11) is 0. The van der Waals surface area contributed by atoms with Crippen molar-refractivity contribution >= 4 is 16.7 Å². The minimum Gasteiger partial charge on any atom is -0.481 e. The Labute approximate surface area is 114 Å². The van der Waals surface area contributed by atoms with Crippen molar-refractivity contribution in [2.75, 3.05) is 0 Å². The molecule has 1 aromatic carbocycles. The normalized spacial score (nSPS) is 10.8. The van der Waals surface area contributed by atoms with Gasteiger partial charge < -0.3 is 9.52 Å². The van der Waals surface area contributed by atoms with Gasteiger partial charge in [-0.05, 0) is 11.5 Å². The van der Waals surface area contributed by atoms with Crippen LogP contribution in [0, 0.1) is 0 Å². The van der Waals surface area contributed by atoms with Gasteiger partial charge >= 0.3 is 5.97 Å². The molecule has 0 amide bonds. The van der Waals surface area contributed by atoms with E-state index in [1.807, 2.05) is 30.3 Å². The van der Waals surface area contributed by atoms with Crippen LogP contribution in [0.1, 0.15) is 12.3 Å². The maximum Gasteiger partial charge on any atom is 0.303 e. The molecule has 0 aliphatic heterocycles. The average molecular weight is 269 g/mol. The molecule has 0 spiro atoms. The van der Waals surface area contributed by atoms with Gasteiger partial charge in [0.2, 0.25) is 5.89 Å². The van der Waals surface area contributed by atoms with Crippen LogP contribution in [0.2, 0.25) is 0 Å². The highest BCUT2D eigenvalue weighted by molar-refractivity contribution is 5.92. The summed E-state index contributed by atoms with van der Waals surface area (Å²) in [4.78, 5) is 14.8. The van der Waals surface area contributed by atoms with Crippen molar-refractivity contribution in [2.45, 2.75) is 12.8 Å². The third-order valence-electron chi connectivity index (χ3n) is 2.90. The number of nitrogens with zero attached hydrogens (tertiary/aromatic N) is 3. The molecule has 0 fully saturated rings. The fourth-order valence-electron chi connectivity index (χ4n) is 1.95. The molecule has 0 saturated heterocycles. The van der Waals surface area contributed by atoms with Crippen LogP contribution >= 0.6 is 0 Å². The zero-order chi connectivity index (χ0) is 13.9. The zero-order valence-corrected chi connectivity index (χ0v) is 10.5. The van der Waals surface area contributed by atoms with Crippen molar-refractivity contribution in [3.63, 3.8) is 0 Å². The molecule has 20 heavy (non-hydrogen) atoms. The highest BCUT2D eigenvalue weighted by Crippen LogP contribution is 2.25. The first-order chi connectivity index (χ1) is 9.74. The second-order valence-corrected chi connectivity index (χ2v) is 4.28. The number of hydrogen-bond donors (Lipinski definition) is 1. The van der Waals surface area contributed by atoms with E-state index in [2.05, 4.69) is 15.2 Å². The lowest BCUT2D eigenvalue weighted by Gasteiger charge is -2.00. The van der Waals surface area contributed by atoms with Gasteiger partial charge in [-0.3, -0.25) is 9.78 Å². The minimum atomic E-state index is -0.895. The number of carbonyl (C=O) groups is 1. The molecule has 3 aromatic rings. The summed E-state index contributed by atoms with van der Waals surface area (Å²) in [6, 6.07) is 9.66. The summed E-state index contributed by atoms with van der Waals surface area (Å²) in [6.45, 7) is 0. The van der Waals surface area contributed by atoms with Crippen LogP contribution in [0.15, 0.2) is 40.9 Å². The van der Waals surface area contributed by atoms with E-state index in [0.29, 0.717) is 17.5 Å². The van der Waals surface area contributed by atoms with Gasteiger partial charge in [0.1, 0.15) is 5.69 Å². The Hall–Kier alpha value is -2.76. The van der Waals surface area contributed by atoms with Crippen LogP contribution in [-0.2, 0) is 11.2 Å². The van der Waals surface area contributed by atoms with E-state index in [1.54, 1.807) is 6.20 Å². The number of aliphatic carboxylic acids is 1. The van der Waals surface area contributed by atoms with Crippen molar-refractivity contribution in [1.29, 1.82) is 0 Å². The van der Waals surface area contributed by atoms with E-state index in [4.69, 9.17) is 9.52 Å². The molecule has 1 N–H and O–H groups in total. The van der Waals surface area contributed by atoms with Gasteiger partial charge in [-0.2, -0.15) is 0 Å². The molecule has 6 nitrogen and oxygen atoms in total. The first kappa shape index (κ1) is 12.3. The smallest absolute Gasteiger partial charge is 0.303 e. The molecule has 100 valence electrons. The Morgan fingerprint density at radius 3 is 2.90 bits per heavy atom. The molecule has 2 heterocycles. The Balaban J connectivity index is 1.97. The Kier molecular flexibility index (Phi) is 3.12. The summed E-state index contributed by atoms with van der Waals surface area (Å²) in [5.41, 5.74) is 0.608. The molecular weight excluding hydrogens is 258 g/mol. The Bertz CT molecular complexity index is 762. The third kappa shape index (κ3) is 2.35. The van der Waals surface area contributed by atoms with Gasteiger partial charge in [-0.25, -0.2) is 0 Å². The van der Waals surface area contributed by atoms with Crippen LogP contribution in [0.25, 0.3) is 22.4 Å². The average Bonchev–Trinajstić information content (AvgIpc) is 2.93. The summed E-state index contributed by atoms with van der Waals surface area (Å²) in [5, 5.41) is 18.4. The summed E-state index contributed by atoms with van der Waals surface area (Å²) >= 11 is 0. The Morgan fingerprint density at radius 2 is 2.05 bits per heavy atom. The first-order valence-electron chi connectivity index (χ1n) is 6.12. The Morgan fingerprint density at radius 1 is 1.20 bits per heavy atom. The molecule has 6 heteroatoms. The van der Waals surface area contributed by atoms with Gasteiger partial charge in [-0.15, -0.1) is 10.2 Å². The third-order valence-corrected chi connectivity index (χ3v) is 2.90. The lowest BCUT2D eigenvalue weighted by Crippen LogP contribution is -1.97. The van der Waals surface area contributed by atoms with Gasteiger partial charge in [0.15, 0.2) is 0 Å². The largest absolute Gasteiger partial charge is 0.481 e. The van der Waals surface area contributed by atoms with Crippen LogP contribution in [-0.4, -0.2) is 26.3 Å². The van der Waals surface area contributed by atoms with E-state index < -0.39 is 5.97 Å². The molecule has 2 aromatic heterocycles. The van der Waals surface area contributed by atoms with Gasteiger partial charge in [0.05, 0.1) is 6.42 Å². The maximum atomic E-state index is 10.5. The highest BCUT2D eigenvalue weighted by Gasteiger charge is 2.13. The number of pyridine rings is 1. The number of hydrogen-bond acceptors (Lipinski definition) is 5. The van der Waals surface area contributed by atoms with Gasteiger partial charge in [0.25, 0.3) is 5.89 Å². The lowest BCUT2D eigenvalue weighted by molar-refractivity contribution is -0.137. The van der Waals surface area contributed by atoms with Crippen molar-refractivity contribution in [3.05, 3.63) is 42.4 Å². The molecule has 0 aliphatic rings. The van der Waals surface area contributed by atoms with Crippen molar-refractivity contribution < 1.29 is 14.3 Å². The topological polar surface area (TPSA) is 89.1 Å². The van der Waals surface area contributed by atoms with Crippen molar-refractivity contribution in [1.82, 2.24) is 15.2 Å². The van der Waals surface area contributed by atoms with Gasteiger partial charge in [-0.1, -0.05) is 24.3 Å². The number of fused-ring (bicyclic) bond motifs is 1. The monoisotopic (exact) mass is 269 g/mol. The highest BCUT2D eigenvalue weighted by atomic mass is 16.4. The zero-order valence-electron chi connectivity index (χ0n) is 10.5. The van der Waals surface area contributed by atoms with Crippen LogP contribution in [0.3, 0.4) is 0 Å². The quantitative estimate of drug-likeness (QED) is 0.781. The van der Waals surface area contributed by atoms with Crippen LogP contribution in [0.5, 0.6) is 0 Å². The fraction of sp³-hybridized carbons (Fsp3) is 0.143. The van der Waals surface area contributed by atoms with Crippen molar-refractivity contribution in [3.8, 4) is 11.6 Å². The molecule has 0 bridgehead atoms. The SMILES string of the molecule is O=C(O)CCc1nnc(-c2nccc3ccccc23)o1. The predicted octanol–water partition coefficient (Wildman–Crippen LogP) is 2.30. The van der Waals surface area contributed by atoms with E-state index in [0.717, 1.165) is 10.8 Å². The molecule has 0 radical (unpaired) electrons. The lowest BCUT2D eigenvalue weighted by atomic mass is 10.1. The van der Waals surface area contributed by atoms with Crippen molar-refractivity contribution in [2.24, 2.45) is 0 Å². The second kappa shape index (κ2) is 5.08. The molecule has 0 atom stereocenters. The van der Waals surface area contributed by atoms with Crippen LogP contribution < -0.4 is 0 Å². The summed E-state index contributed by atoms with van der Waals surface area (Å²) in [5.74, 6) is -0.285. The number of carboxylic acids is 1. The standard InChI is InChI=1S/C14H11N3O3/c18-12(19)6-5-11-16-17-14(20-11)13-10-4-2-1-3-9(10)7-8-15-13/h1-4,7-8H,5-6H2,(H,18,19). The maximum absolute atomic E-state index is 10.5. The van der Waals surface area contributed by atoms with Gasteiger partial charge in [0, 0.05) is 18.0 Å². The summed E-state index contributed by atoms with van der Waals surface area (Å²) < 4.78 is 5.48. The first-order valence-corrected chi connectivity index (χ1v) is 6.12. The number of rotatable bonds is 4. The molecule has 0 unspecified atom stereocenters. The number of aryl methyl sites for hydroxylation is 1. The predicted molar refractivity (Wildman–Crippen MR) is 71.0 cm³/mol. The minimum absolute atomic E-state index is 0.0371. The second-order valence-electron chi connectivity index (χ2n) is 4.28. The fourth-order valence-corrected chi connectivity index (χ4v) is 1.95. The van der Waals surface area contributed by atoms with E-state index >= 15 is 0 Å². The van der Waals surface area contributed by atoms with E-state index in [-0.39, 0.29) is 12.8 Å². The molecule has 0 aliphatic carbocycles. The number of carboxylic acid groups (broad SMARTS) is 1. The number of aromatic nitrogens is 3. The van der Waals surface area contributed by atoms with E-state index in [1.165, 1.54) is 0 Å². The summed E-state index contributed by atoms with van der Waals surface area (Å²) in [6.07, 6.45) is 1.86.